The first-order valence-electron chi connectivity index (χ1n) is 20.7. The number of hydrogen-bond acceptors (Lipinski definition) is 3. The zero-order valence-electron chi connectivity index (χ0n) is 35.4. The Morgan fingerprint density at radius 3 is 1.85 bits per heavy atom. The van der Waals surface area contributed by atoms with Crippen molar-refractivity contribution in [3.8, 4) is 78.6 Å². The second kappa shape index (κ2) is 15.3. The molecule has 2 heterocycles. The summed E-state index contributed by atoms with van der Waals surface area (Å²) in [7, 11) is 0. The van der Waals surface area contributed by atoms with Crippen molar-refractivity contribution in [3.63, 3.8) is 0 Å². The molecule has 1 N–H and O–H groups in total. The molecular formula is C56H49N3O. The van der Waals surface area contributed by atoms with Crippen molar-refractivity contribution in [1.29, 1.82) is 0 Å². The number of imidazole rings is 1. The van der Waals surface area contributed by atoms with Crippen LogP contribution in [0.1, 0.15) is 48.6 Å². The highest BCUT2D eigenvalue weighted by Crippen LogP contribution is 2.42. The number of para-hydroxylation sites is 1. The lowest BCUT2D eigenvalue weighted by molar-refractivity contribution is 0.472. The molecule has 0 saturated heterocycles. The minimum Gasteiger partial charge on any atom is -0.507 e. The monoisotopic (exact) mass is 779 g/mol. The second-order valence-corrected chi connectivity index (χ2v) is 17.1. The number of aromatic nitrogens is 3. The highest BCUT2D eigenvalue weighted by Gasteiger charge is 2.24. The quantitative estimate of drug-likeness (QED) is 0.175. The number of nitrogens with zero attached hydrogens (tertiary/aromatic N) is 3. The Morgan fingerprint density at radius 2 is 1.15 bits per heavy atom. The number of fused-ring (bicyclic) bond motifs is 1. The van der Waals surface area contributed by atoms with Gasteiger partial charge < -0.3 is 5.11 Å². The van der Waals surface area contributed by atoms with E-state index in [1.54, 1.807) is 0 Å². The zero-order chi connectivity index (χ0) is 41.7. The molecule has 0 aliphatic heterocycles. The largest absolute Gasteiger partial charge is 0.507 e. The third-order valence-electron chi connectivity index (χ3n) is 11.9. The molecular weight excluding hydrogens is 731 g/mol. The number of aryl methyl sites for hydroxylation is 3. The van der Waals surface area contributed by atoms with Crippen molar-refractivity contribution < 1.29 is 5.11 Å². The van der Waals surface area contributed by atoms with E-state index in [4.69, 9.17) is 9.97 Å². The van der Waals surface area contributed by atoms with Gasteiger partial charge in [0, 0.05) is 23.0 Å². The first kappa shape index (κ1) is 38.5. The van der Waals surface area contributed by atoms with Gasteiger partial charge in [0.15, 0.2) is 0 Å². The fourth-order valence-corrected chi connectivity index (χ4v) is 8.41. The molecule has 9 rings (SSSR count). The Kier molecular flexibility index (Phi) is 9.80. The number of phenols is 1. The molecule has 0 aliphatic rings. The van der Waals surface area contributed by atoms with Crippen molar-refractivity contribution >= 4 is 11.0 Å². The van der Waals surface area contributed by atoms with E-state index in [1.165, 1.54) is 33.4 Å². The molecule has 294 valence electrons. The topological polar surface area (TPSA) is 50.9 Å². The molecule has 0 spiro atoms. The Balaban J connectivity index is 1.23. The molecule has 60 heavy (non-hydrogen) atoms. The van der Waals surface area contributed by atoms with E-state index in [0.29, 0.717) is 11.4 Å². The average molecular weight is 780 g/mol. The molecule has 0 fully saturated rings. The standard InChI is InChI=1S/C56H49N3O/c1-35-27-37(3)54(60)50(28-35)55-58-53-48(19-14-20-52(53)59(55)47-29-36(2)38(4)49(34-47)42-17-12-9-13-18-42)44-30-45(32-46(31-44)56(5,6)7)51-33-43(25-26-57-51)41-23-21-40(22-24-41)39-15-10-8-11-16-39/h8-34,60H,1-7H3. The Bertz CT molecular complexity index is 3040. The maximum atomic E-state index is 11.7. The minimum absolute atomic E-state index is 0.133. The summed E-state index contributed by atoms with van der Waals surface area (Å²) >= 11 is 0. The van der Waals surface area contributed by atoms with Gasteiger partial charge >= 0.3 is 0 Å². The average Bonchev–Trinajstić information content (AvgIpc) is 3.66. The van der Waals surface area contributed by atoms with Crippen LogP contribution in [0.15, 0.2) is 164 Å². The van der Waals surface area contributed by atoms with Crippen LogP contribution in [0.5, 0.6) is 5.75 Å². The van der Waals surface area contributed by atoms with Gasteiger partial charge in [-0.1, -0.05) is 130 Å². The third-order valence-corrected chi connectivity index (χ3v) is 11.9. The van der Waals surface area contributed by atoms with Crippen molar-refractivity contribution in [2.45, 2.75) is 53.9 Å². The van der Waals surface area contributed by atoms with Gasteiger partial charge in [-0.05, 0) is 148 Å². The molecule has 0 radical (unpaired) electrons. The van der Waals surface area contributed by atoms with Crippen LogP contribution < -0.4 is 0 Å². The normalized spacial score (nSPS) is 11.7. The van der Waals surface area contributed by atoms with Gasteiger partial charge in [0.25, 0.3) is 0 Å². The number of rotatable bonds is 7. The highest BCUT2D eigenvalue weighted by molar-refractivity contribution is 5.97. The molecule has 0 saturated carbocycles. The molecule has 7 aromatic carbocycles. The summed E-state index contributed by atoms with van der Waals surface area (Å²) < 4.78 is 2.23. The first-order valence-corrected chi connectivity index (χ1v) is 20.7. The lowest BCUT2D eigenvalue weighted by Crippen LogP contribution is -2.11. The number of pyridine rings is 1. The molecule has 0 aliphatic carbocycles. The zero-order valence-corrected chi connectivity index (χ0v) is 35.4. The molecule has 4 heteroatoms. The van der Waals surface area contributed by atoms with E-state index < -0.39 is 0 Å². The van der Waals surface area contributed by atoms with Gasteiger partial charge in [-0.25, -0.2) is 4.98 Å². The third kappa shape index (κ3) is 7.20. The predicted octanol–water partition coefficient (Wildman–Crippen LogP) is 14.7. The summed E-state index contributed by atoms with van der Waals surface area (Å²) in [5.41, 5.74) is 19.9. The summed E-state index contributed by atoms with van der Waals surface area (Å²) in [6.07, 6.45) is 1.91. The molecule has 2 aromatic heterocycles. The van der Waals surface area contributed by atoms with Crippen LogP contribution in [0.4, 0.5) is 0 Å². The molecule has 9 aromatic rings. The van der Waals surface area contributed by atoms with Gasteiger partial charge in [0.1, 0.15) is 11.6 Å². The molecule has 0 atom stereocenters. The van der Waals surface area contributed by atoms with Gasteiger partial charge in [0.2, 0.25) is 0 Å². The van der Waals surface area contributed by atoms with E-state index >= 15 is 0 Å². The van der Waals surface area contributed by atoms with E-state index in [9.17, 15) is 5.11 Å². The van der Waals surface area contributed by atoms with Crippen molar-refractivity contribution in [2.24, 2.45) is 0 Å². The molecule has 0 unspecified atom stereocenters. The maximum absolute atomic E-state index is 11.7. The van der Waals surface area contributed by atoms with Crippen LogP contribution in [0.2, 0.25) is 0 Å². The van der Waals surface area contributed by atoms with E-state index in [1.807, 2.05) is 31.3 Å². The minimum atomic E-state index is -0.133. The van der Waals surface area contributed by atoms with Crippen LogP contribution >= 0.6 is 0 Å². The van der Waals surface area contributed by atoms with Gasteiger partial charge in [-0.15, -0.1) is 0 Å². The SMILES string of the molecule is Cc1cc(C)c(O)c(-c2nc3c(-c4cc(-c5cc(-c6ccc(-c7ccccc7)cc6)ccn5)cc(C(C)(C)C)c4)cccc3n2-c2cc(C)c(C)c(-c3ccccc3)c2)c1. The number of hydrogen-bond donors (Lipinski definition) is 1. The summed E-state index contributed by atoms with van der Waals surface area (Å²) in [4.78, 5) is 10.4. The Morgan fingerprint density at radius 1 is 0.500 bits per heavy atom. The lowest BCUT2D eigenvalue weighted by Gasteiger charge is -2.22. The van der Waals surface area contributed by atoms with Crippen molar-refractivity contribution in [2.75, 3.05) is 0 Å². The van der Waals surface area contributed by atoms with Gasteiger partial charge in [-0.2, -0.15) is 0 Å². The van der Waals surface area contributed by atoms with Gasteiger partial charge in [0.05, 0.1) is 22.3 Å². The van der Waals surface area contributed by atoms with Crippen LogP contribution in [0.3, 0.4) is 0 Å². The fraction of sp³-hybridized carbons (Fsp3) is 0.143. The van der Waals surface area contributed by atoms with Crippen LogP contribution in [-0.4, -0.2) is 19.6 Å². The summed E-state index contributed by atoms with van der Waals surface area (Å²) in [6.45, 7) is 15.2. The highest BCUT2D eigenvalue weighted by atomic mass is 16.3. The number of benzene rings is 7. The van der Waals surface area contributed by atoms with Gasteiger partial charge in [-0.3, -0.25) is 9.55 Å². The number of aromatic hydroxyl groups is 1. The smallest absolute Gasteiger partial charge is 0.149 e. The molecule has 4 nitrogen and oxygen atoms in total. The van der Waals surface area contributed by atoms with E-state index in [0.717, 1.165) is 66.9 Å². The van der Waals surface area contributed by atoms with Crippen LogP contribution in [0.25, 0.3) is 83.9 Å². The van der Waals surface area contributed by atoms with Crippen LogP contribution in [-0.2, 0) is 5.41 Å². The Hall–Kier alpha value is -7.04. The lowest BCUT2D eigenvalue weighted by atomic mass is 9.83. The van der Waals surface area contributed by atoms with Crippen LogP contribution in [0, 0.1) is 27.7 Å². The summed E-state index contributed by atoms with van der Waals surface area (Å²) in [6, 6.07) is 56.0. The molecule has 0 amide bonds. The fourth-order valence-electron chi connectivity index (χ4n) is 8.41. The summed E-state index contributed by atoms with van der Waals surface area (Å²) in [5.74, 6) is 0.937. The van der Waals surface area contributed by atoms with E-state index in [-0.39, 0.29) is 11.2 Å². The number of phenolic OH excluding ortho intramolecular Hbond substituents is 1. The maximum Gasteiger partial charge on any atom is 0.149 e. The predicted molar refractivity (Wildman–Crippen MR) is 251 cm³/mol. The molecule has 0 bridgehead atoms. The van der Waals surface area contributed by atoms with Crippen molar-refractivity contribution in [3.05, 3.63) is 192 Å². The summed E-state index contributed by atoms with van der Waals surface area (Å²) in [5, 5.41) is 11.7. The van der Waals surface area contributed by atoms with E-state index in [2.05, 4.69) is 186 Å². The second-order valence-electron chi connectivity index (χ2n) is 17.1. The van der Waals surface area contributed by atoms with Crippen molar-refractivity contribution in [1.82, 2.24) is 14.5 Å². The first-order chi connectivity index (χ1) is 28.9. The Labute approximate surface area is 353 Å².